The van der Waals surface area contributed by atoms with E-state index < -0.39 is 5.82 Å². The van der Waals surface area contributed by atoms with Gasteiger partial charge in [-0.1, -0.05) is 11.6 Å². The van der Waals surface area contributed by atoms with E-state index in [9.17, 15) is 4.39 Å². The molecule has 0 aliphatic carbocycles. The highest BCUT2D eigenvalue weighted by Gasteiger charge is 2.15. The Kier molecular flexibility index (Phi) is 3.74. The third-order valence-electron chi connectivity index (χ3n) is 3.20. The molecule has 1 aromatic heterocycles. The van der Waals surface area contributed by atoms with Crippen LogP contribution in [0.25, 0.3) is 16.7 Å². The molecule has 0 amide bonds. The van der Waals surface area contributed by atoms with E-state index in [1.54, 1.807) is 18.2 Å². The number of hydrogen-bond acceptors (Lipinski definition) is 2. The number of halogens is 3. The van der Waals surface area contributed by atoms with E-state index in [0.29, 0.717) is 16.4 Å². The molecule has 3 aromatic rings. The molecule has 0 aliphatic rings. The van der Waals surface area contributed by atoms with Gasteiger partial charge in [-0.3, -0.25) is 4.57 Å². The summed E-state index contributed by atoms with van der Waals surface area (Å²) in [5.74, 6) is 0.550. The molecule has 0 aliphatic heterocycles. The smallest absolute Gasteiger partial charge is 0.167 e. The number of fused-ring (bicyclic) bond motifs is 1. The summed E-state index contributed by atoms with van der Waals surface area (Å²) in [6.45, 7) is 0. The summed E-state index contributed by atoms with van der Waals surface area (Å²) < 4.78 is 20.7. The second-order valence-corrected chi connectivity index (χ2v) is 5.15. The fourth-order valence-electron chi connectivity index (χ4n) is 2.25. The molecule has 0 radical (unpaired) electrons. The van der Waals surface area contributed by atoms with Crippen LogP contribution in [0.4, 0.5) is 4.39 Å². The van der Waals surface area contributed by atoms with Gasteiger partial charge in [0.05, 0.1) is 24.0 Å². The molecular weight excluding hydrogens is 314 g/mol. The molecule has 21 heavy (non-hydrogen) atoms. The minimum absolute atomic E-state index is 0.165. The van der Waals surface area contributed by atoms with Gasteiger partial charge < -0.3 is 4.74 Å². The topological polar surface area (TPSA) is 27.1 Å². The maximum Gasteiger partial charge on any atom is 0.167 e. The molecule has 0 saturated carbocycles. The number of ether oxygens (including phenoxy) is 1. The number of nitrogens with zero attached hydrogens (tertiary/aromatic N) is 2. The molecule has 6 heteroatoms. The quantitative estimate of drug-likeness (QED) is 0.660. The fraction of sp³-hybridized carbons (Fsp3) is 0.133. The van der Waals surface area contributed by atoms with Crippen LogP contribution in [-0.2, 0) is 5.88 Å². The summed E-state index contributed by atoms with van der Waals surface area (Å²) in [5.41, 5.74) is 2.11. The minimum atomic E-state index is -0.452. The first-order valence-electron chi connectivity index (χ1n) is 6.21. The van der Waals surface area contributed by atoms with Crippen LogP contribution >= 0.6 is 23.2 Å². The van der Waals surface area contributed by atoms with Gasteiger partial charge in [0.1, 0.15) is 5.82 Å². The lowest BCUT2D eigenvalue weighted by molar-refractivity contribution is 0.387. The Morgan fingerprint density at radius 3 is 2.57 bits per heavy atom. The van der Waals surface area contributed by atoms with Gasteiger partial charge in [0.15, 0.2) is 11.6 Å². The van der Waals surface area contributed by atoms with Gasteiger partial charge in [-0.25, -0.2) is 9.37 Å². The first-order chi connectivity index (χ1) is 10.1. The van der Waals surface area contributed by atoms with Gasteiger partial charge in [0, 0.05) is 22.8 Å². The maximum atomic E-state index is 13.8. The number of alkyl halides is 1. The van der Waals surface area contributed by atoms with E-state index >= 15 is 0 Å². The van der Waals surface area contributed by atoms with Gasteiger partial charge in [0.2, 0.25) is 0 Å². The molecular formula is C15H11Cl2FN2O. The number of rotatable bonds is 3. The predicted octanol–water partition coefficient (Wildman–Crippen LogP) is 4.57. The number of aromatic nitrogens is 2. The van der Waals surface area contributed by atoms with Crippen molar-refractivity contribution in [2.75, 3.05) is 7.11 Å². The summed E-state index contributed by atoms with van der Waals surface area (Å²) >= 11 is 11.9. The van der Waals surface area contributed by atoms with Gasteiger partial charge in [-0.15, -0.1) is 11.6 Å². The van der Waals surface area contributed by atoms with Crippen LogP contribution in [0.1, 0.15) is 5.82 Å². The highest BCUT2D eigenvalue weighted by atomic mass is 35.5. The Morgan fingerprint density at radius 1 is 1.24 bits per heavy atom. The molecule has 0 saturated heterocycles. The summed E-state index contributed by atoms with van der Waals surface area (Å²) in [6, 6.07) is 10.2. The van der Waals surface area contributed by atoms with E-state index in [2.05, 4.69) is 4.98 Å². The van der Waals surface area contributed by atoms with Crippen LogP contribution in [0.5, 0.6) is 5.75 Å². The normalized spacial score (nSPS) is 11.0. The zero-order valence-electron chi connectivity index (χ0n) is 11.1. The van der Waals surface area contributed by atoms with Crippen molar-refractivity contribution in [1.29, 1.82) is 0 Å². The SMILES string of the molecule is COc1cc2c(cc1F)nc(CCl)n2-c1ccc(Cl)cc1. The third kappa shape index (κ3) is 2.45. The van der Waals surface area contributed by atoms with Crippen molar-refractivity contribution in [1.82, 2.24) is 9.55 Å². The Morgan fingerprint density at radius 2 is 1.95 bits per heavy atom. The lowest BCUT2D eigenvalue weighted by Gasteiger charge is -2.09. The molecule has 108 valence electrons. The highest BCUT2D eigenvalue weighted by molar-refractivity contribution is 6.30. The molecule has 0 fully saturated rings. The van der Waals surface area contributed by atoms with E-state index in [4.69, 9.17) is 27.9 Å². The molecule has 0 spiro atoms. The zero-order chi connectivity index (χ0) is 15.0. The molecule has 3 nitrogen and oxygen atoms in total. The summed E-state index contributed by atoms with van der Waals surface area (Å²) in [7, 11) is 1.43. The van der Waals surface area contributed by atoms with Crippen LogP contribution < -0.4 is 4.74 Å². The zero-order valence-corrected chi connectivity index (χ0v) is 12.6. The van der Waals surface area contributed by atoms with E-state index in [-0.39, 0.29) is 11.6 Å². The lowest BCUT2D eigenvalue weighted by atomic mass is 10.2. The van der Waals surface area contributed by atoms with E-state index in [1.807, 2.05) is 16.7 Å². The van der Waals surface area contributed by atoms with Gasteiger partial charge in [0.25, 0.3) is 0 Å². The van der Waals surface area contributed by atoms with Crippen LogP contribution in [-0.4, -0.2) is 16.7 Å². The minimum Gasteiger partial charge on any atom is -0.494 e. The van der Waals surface area contributed by atoms with Crippen molar-refractivity contribution < 1.29 is 9.13 Å². The van der Waals surface area contributed by atoms with E-state index in [1.165, 1.54) is 13.2 Å². The molecule has 2 aromatic carbocycles. The number of imidazole rings is 1. The van der Waals surface area contributed by atoms with Crippen LogP contribution in [0, 0.1) is 5.82 Å². The number of hydrogen-bond donors (Lipinski definition) is 0. The van der Waals surface area contributed by atoms with Crippen LogP contribution in [0.15, 0.2) is 36.4 Å². The summed E-state index contributed by atoms with van der Waals surface area (Å²) in [6.07, 6.45) is 0. The number of methoxy groups -OCH3 is 1. The van der Waals surface area contributed by atoms with Crippen molar-refractivity contribution in [2.24, 2.45) is 0 Å². The standard InChI is InChI=1S/C15H11Cl2FN2O/c1-21-14-7-13-12(6-11(14)18)19-15(8-16)20(13)10-4-2-9(17)3-5-10/h2-7H,8H2,1H3. The lowest BCUT2D eigenvalue weighted by Crippen LogP contribution is -1.99. The van der Waals surface area contributed by atoms with Gasteiger partial charge in [-0.05, 0) is 24.3 Å². The number of benzene rings is 2. The molecule has 0 unspecified atom stereocenters. The van der Waals surface area contributed by atoms with Gasteiger partial charge >= 0.3 is 0 Å². The van der Waals surface area contributed by atoms with Crippen molar-refractivity contribution in [2.45, 2.75) is 5.88 Å². The summed E-state index contributed by atoms with van der Waals surface area (Å²) in [5, 5.41) is 0.638. The largest absolute Gasteiger partial charge is 0.494 e. The predicted molar refractivity (Wildman–Crippen MR) is 82.1 cm³/mol. The second kappa shape index (κ2) is 5.54. The summed E-state index contributed by atoms with van der Waals surface area (Å²) in [4.78, 5) is 4.37. The second-order valence-electron chi connectivity index (χ2n) is 4.45. The van der Waals surface area contributed by atoms with Crippen LogP contribution in [0.2, 0.25) is 5.02 Å². The Bertz CT molecular complexity index is 800. The van der Waals surface area contributed by atoms with Gasteiger partial charge in [-0.2, -0.15) is 0 Å². The fourth-order valence-corrected chi connectivity index (χ4v) is 2.56. The van der Waals surface area contributed by atoms with Crippen molar-refractivity contribution in [3.63, 3.8) is 0 Å². The van der Waals surface area contributed by atoms with Crippen molar-refractivity contribution in [3.05, 3.63) is 53.1 Å². The Labute approximate surface area is 130 Å². The molecule has 3 rings (SSSR count). The van der Waals surface area contributed by atoms with Crippen molar-refractivity contribution in [3.8, 4) is 11.4 Å². The first kappa shape index (κ1) is 14.2. The van der Waals surface area contributed by atoms with Crippen LogP contribution in [0.3, 0.4) is 0 Å². The molecule has 1 heterocycles. The monoisotopic (exact) mass is 324 g/mol. The first-order valence-corrected chi connectivity index (χ1v) is 7.12. The Hall–Kier alpha value is -1.78. The van der Waals surface area contributed by atoms with Crippen molar-refractivity contribution >= 4 is 34.2 Å². The maximum absolute atomic E-state index is 13.8. The average molecular weight is 325 g/mol. The highest BCUT2D eigenvalue weighted by Crippen LogP contribution is 2.29. The van der Waals surface area contributed by atoms with E-state index in [0.717, 1.165) is 11.2 Å². The molecule has 0 atom stereocenters. The Balaban J connectivity index is 2.31. The average Bonchev–Trinajstić information content (AvgIpc) is 2.84. The molecule has 0 bridgehead atoms. The molecule has 0 N–H and O–H groups in total. The third-order valence-corrected chi connectivity index (χ3v) is 3.69.